The Morgan fingerprint density at radius 3 is 2.48 bits per heavy atom. The molecule has 0 amide bonds. The van der Waals surface area contributed by atoms with Crippen LogP contribution in [0.1, 0.15) is 12.8 Å². The summed E-state index contributed by atoms with van der Waals surface area (Å²) in [5, 5.41) is 3.08. The number of halogens is 1. The minimum atomic E-state index is -3.35. The summed E-state index contributed by atoms with van der Waals surface area (Å²) in [7, 11) is -1.70. The zero-order chi connectivity index (χ0) is 20.4. The van der Waals surface area contributed by atoms with E-state index in [0.717, 1.165) is 22.1 Å². The predicted molar refractivity (Wildman–Crippen MR) is 118 cm³/mol. The summed E-state index contributed by atoms with van der Waals surface area (Å²) in [4.78, 5) is 7.27. The number of thiazole rings is 1. The monoisotopic (exact) mass is 448 g/mol. The van der Waals surface area contributed by atoms with Crippen molar-refractivity contribution in [2.24, 2.45) is 0 Å². The first-order valence-corrected chi connectivity index (χ1v) is 12.1. The summed E-state index contributed by atoms with van der Waals surface area (Å²) in [6.07, 6.45) is 1.16. The van der Waals surface area contributed by atoms with Gasteiger partial charge in [0.2, 0.25) is 0 Å². The number of piperidine rings is 1. The van der Waals surface area contributed by atoms with Gasteiger partial charge in [-0.15, -0.1) is 11.3 Å². The van der Waals surface area contributed by atoms with Crippen molar-refractivity contribution in [2.45, 2.75) is 23.0 Å². The molecule has 0 bridgehead atoms. The largest absolute Gasteiger partial charge is 0.496 e. The Kier molecular flexibility index (Phi) is 5.81. The molecule has 29 heavy (non-hydrogen) atoms. The second-order valence-corrected chi connectivity index (χ2v) is 10.4. The number of ether oxygens (including phenoxy) is 1. The molecule has 1 aliphatic rings. The summed E-state index contributed by atoms with van der Waals surface area (Å²) in [5.41, 5.74) is 1.83. The highest BCUT2D eigenvalue weighted by Gasteiger charge is 2.32. The first-order valence-electron chi connectivity index (χ1n) is 9.32. The van der Waals surface area contributed by atoms with Gasteiger partial charge in [-0.3, -0.25) is 0 Å². The lowest BCUT2D eigenvalue weighted by atomic mass is 10.1. The van der Waals surface area contributed by atoms with Crippen molar-refractivity contribution in [2.75, 3.05) is 25.1 Å². The Morgan fingerprint density at radius 1 is 1.10 bits per heavy atom. The van der Waals surface area contributed by atoms with E-state index in [4.69, 9.17) is 21.3 Å². The van der Waals surface area contributed by atoms with Crippen LogP contribution in [0.2, 0.25) is 5.02 Å². The highest BCUT2D eigenvalue weighted by Crippen LogP contribution is 2.35. The van der Waals surface area contributed by atoms with Crippen LogP contribution in [0.4, 0.5) is 5.13 Å². The van der Waals surface area contributed by atoms with Crippen molar-refractivity contribution in [3.05, 3.63) is 58.9 Å². The molecule has 1 aliphatic heterocycles. The fourth-order valence-electron chi connectivity index (χ4n) is 3.56. The van der Waals surface area contributed by atoms with Crippen molar-refractivity contribution in [1.82, 2.24) is 4.98 Å². The standard InChI is InChI=1S/C21H21ClN2O3S2/c1-27-20-5-3-2-4-18(20)19-14-28-21(23-19)24-12-10-17(11-13-24)29(25,26)16-8-6-15(22)7-9-16/h2-9,14,17H,10-13H2,1H3. The van der Waals surface area contributed by atoms with Crippen LogP contribution in [0.25, 0.3) is 11.3 Å². The molecule has 0 saturated carbocycles. The average Bonchev–Trinajstić information content (AvgIpc) is 3.24. The average molecular weight is 449 g/mol. The fourth-order valence-corrected chi connectivity index (χ4v) is 6.30. The Balaban J connectivity index is 1.46. The number of anilines is 1. The lowest BCUT2D eigenvalue weighted by molar-refractivity contribution is 0.416. The second-order valence-electron chi connectivity index (χ2n) is 6.90. The Morgan fingerprint density at radius 2 is 1.79 bits per heavy atom. The zero-order valence-electron chi connectivity index (χ0n) is 15.9. The molecule has 8 heteroatoms. The molecule has 1 saturated heterocycles. The van der Waals surface area contributed by atoms with Crippen LogP contribution in [-0.4, -0.2) is 38.9 Å². The smallest absolute Gasteiger partial charge is 0.185 e. The van der Waals surface area contributed by atoms with Gasteiger partial charge >= 0.3 is 0 Å². The number of hydrogen-bond donors (Lipinski definition) is 0. The van der Waals surface area contributed by atoms with Crippen LogP contribution in [0.15, 0.2) is 58.8 Å². The molecule has 0 unspecified atom stereocenters. The summed E-state index contributed by atoms with van der Waals surface area (Å²) < 4.78 is 31.3. The minimum absolute atomic E-state index is 0.341. The second kappa shape index (κ2) is 8.34. The molecule has 1 aromatic heterocycles. The minimum Gasteiger partial charge on any atom is -0.496 e. The third-order valence-corrected chi connectivity index (χ3v) is 8.60. The van der Waals surface area contributed by atoms with Gasteiger partial charge in [0.25, 0.3) is 0 Å². The molecular formula is C21H21ClN2O3S2. The van der Waals surface area contributed by atoms with Crippen LogP contribution < -0.4 is 9.64 Å². The van der Waals surface area contributed by atoms with Crippen molar-refractivity contribution in [3.63, 3.8) is 0 Å². The molecule has 0 atom stereocenters. The number of para-hydroxylation sites is 1. The summed E-state index contributed by atoms with van der Waals surface area (Å²) in [6.45, 7) is 1.33. The lowest BCUT2D eigenvalue weighted by Crippen LogP contribution is -2.39. The van der Waals surface area contributed by atoms with Gasteiger partial charge in [-0.05, 0) is 49.2 Å². The van der Waals surface area contributed by atoms with E-state index in [0.29, 0.717) is 35.8 Å². The van der Waals surface area contributed by atoms with Crippen LogP contribution in [0.5, 0.6) is 5.75 Å². The van der Waals surface area contributed by atoms with Gasteiger partial charge in [0.05, 0.1) is 22.9 Å². The van der Waals surface area contributed by atoms with Crippen LogP contribution >= 0.6 is 22.9 Å². The summed E-state index contributed by atoms with van der Waals surface area (Å²) in [6, 6.07) is 14.2. The van der Waals surface area contributed by atoms with E-state index in [2.05, 4.69) is 4.90 Å². The van der Waals surface area contributed by atoms with E-state index < -0.39 is 9.84 Å². The highest BCUT2D eigenvalue weighted by atomic mass is 35.5. The van der Waals surface area contributed by atoms with Crippen molar-refractivity contribution < 1.29 is 13.2 Å². The van der Waals surface area contributed by atoms with Gasteiger partial charge in [-0.25, -0.2) is 13.4 Å². The maximum Gasteiger partial charge on any atom is 0.185 e. The molecular weight excluding hydrogens is 428 g/mol. The van der Waals surface area contributed by atoms with Crippen molar-refractivity contribution in [3.8, 4) is 17.0 Å². The number of sulfone groups is 1. The molecule has 1 fully saturated rings. The quantitative estimate of drug-likeness (QED) is 0.554. The number of benzene rings is 2. The van der Waals surface area contributed by atoms with Gasteiger partial charge < -0.3 is 9.64 Å². The number of aromatic nitrogens is 1. The number of rotatable bonds is 5. The predicted octanol–water partition coefficient (Wildman–Crippen LogP) is 4.91. The lowest BCUT2D eigenvalue weighted by Gasteiger charge is -2.31. The van der Waals surface area contributed by atoms with E-state index in [1.165, 1.54) is 0 Å². The molecule has 4 rings (SSSR count). The zero-order valence-corrected chi connectivity index (χ0v) is 18.3. The number of methoxy groups -OCH3 is 1. The Bertz CT molecular complexity index is 1090. The first kappa shape index (κ1) is 20.2. The molecule has 0 spiro atoms. The van der Waals surface area contributed by atoms with E-state index in [-0.39, 0.29) is 5.25 Å². The molecule has 3 aromatic rings. The summed E-state index contributed by atoms with van der Waals surface area (Å²) >= 11 is 7.46. The summed E-state index contributed by atoms with van der Waals surface area (Å²) in [5.74, 6) is 0.789. The van der Waals surface area contributed by atoms with E-state index >= 15 is 0 Å². The van der Waals surface area contributed by atoms with Crippen LogP contribution in [0, 0.1) is 0 Å². The number of hydrogen-bond acceptors (Lipinski definition) is 6. The number of nitrogens with zero attached hydrogens (tertiary/aromatic N) is 2. The molecule has 2 aromatic carbocycles. The third-order valence-electron chi connectivity index (χ3n) is 5.17. The van der Waals surface area contributed by atoms with Gasteiger partial charge in [-0.1, -0.05) is 23.7 Å². The molecule has 0 aliphatic carbocycles. The van der Waals surface area contributed by atoms with Gasteiger partial charge in [0.1, 0.15) is 5.75 Å². The van der Waals surface area contributed by atoms with Crippen molar-refractivity contribution >= 4 is 37.9 Å². The van der Waals surface area contributed by atoms with Gasteiger partial charge in [-0.2, -0.15) is 0 Å². The van der Waals surface area contributed by atoms with Crippen molar-refractivity contribution in [1.29, 1.82) is 0 Å². The van der Waals surface area contributed by atoms with Crippen LogP contribution in [-0.2, 0) is 9.84 Å². The maximum atomic E-state index is 12.9. The molecule has 2 heterocycles. The van der Waals surface area contributed by atoms with Crippen LogP contribution in [0.3, 0.4) is 0 Å². The van der Waals surface area contributed by atoms with E-state index in [1.807, 2.05) is 29.6 Å². The first-order chi connectivity index (χ1) is 14.0. The van der Waals surface area contributed by atoms with Gasteiger partial charge in [0, 0.05) is 29.1 Å². The Labute approximate surface area is 179 Å². The SMILES string of the molecule is COc1ccccc1-c1csc(N2CCC(S(=O)(=O)c3ccc(Cl)cc3)CC2)n1. The highest BCUT2D eigenvalue weighted by molar-refractivity contribution is 7.92. The fraction of sp³-hybridized carbons (Fsp3) is 0.286. The molecule has 152 valence electrons. The Hall–Kier alpha value is -2.09. The van der Waals surface area contributed by atoms with E-state index in [9.17, 15) is 8.42 Å². The maximum absolute atomic E-state index is 12.9. The van der Waals surface area contributed by atoms with E-state index in [1.54, 1.807) is 42.7 Å². The molecule has 0 N–H and O–H groups in total. The topological polar surface area (TPSA) is 59.5 Å². The third kappa shape index (κ3) is 4.13. The van der Waals surface area contributed by atoms with Gasteiger partial charge in [0.15, 0.2) is 15.0 Å². The normalized spacial score (nSPS) is 15.4. The molecule has 5 nitrogen and oxygen atoms in total. The molecule has 0 radical (unpaired) electrons.